The lowest BCUT2D eigenvalue weighted by molar-refractivity contribution is 0.0950. The third-order valence-electron chi connectivity index (χ3n) is 1.05. The molecule has 60 valence electrons. The lowest BCUT2D eigenvalue weighted by Gasteiger charge is -2.06. The molecule has 1 aromatic heterocycles. The van der Waals surface area contributed by atoms with Crippen LogP contribution in [0.1, 0.15) is 5.56 Å². The highest BCUT2D eigenvalue weighted by molar-refractivity contribution is 6.29. The number of alkyl halides is 3. The molecule has 0 aliphatic carbocycles. The van der Waals surface area contributed by atoms with E-state index in [0.29, 0.717) is 0 Å². The summed E-state index contributed by atoms with van der Waals surface area (Å²) in [5, 5.41) is -3.37. The second-order valence-electron chi connectivity index (χ2n) is 1.86. The van der Waals surface area contributed by atoms with Crippen molar-refractivity contribution in [1.82, 2.24) is 4.98 Å². The normalized spacial score (nSPS) is 11.6. The van der Waals surface area contributed by atoms with Crippen LogP contribution in [0.15, 0.2) is 18.3 Å². The maximum Gasteiger partial charge on any atom is 0.348 e. The molecule has 1 aromatic rings. The third-order valence-corrected chi connectivity index (χ3v) is 1.48. The molecule has 0 amide bonds. The molecule has 1 nitrogen and oxygen atoms in total. The molecule has 0 aliphatic heterocycles. The van der Waals surface area contributed by atoms with Crippen molar-refractivity contribution in [2.75, 3.05) is 0 Å². The zero-order valence-electron chi connectivity index (χ0n) is 5.19. The average molecular weight is 198 g/mol. The Kier molecular flexibility index (Phi) is 2.30. The first-order chi connectivity index (χ1) is 5.00. The quantitative estimate of drug-likeness (QED) is 0.499. The van der Waals surface area contributed by atoms with Crippen molar-refractivity contribution < 1.29 is 8.78 Å². The lowest BCUT2D eigenvalue weighted by Crippen LogP contribution is -2.02. The van der Waals surface area contributed by atoms with Gasteiger partial charge in [-0.3, -0.25) is 0 Å². The van der Waals surface area contributed by atoms with Crippen molar-refractivity contribution in [2.24, 2.45) is 0 Å². The minimum Gasteiger partial charge on any atom is -0.245 e. The number of pyridine rings is 1. The van der Waals surface area contributed by atoms with E-state index in [2.05, 4.69) is 4.98 Å². The number of aromatic nitrogens is 1. The van der Waals surface area contributed by atoms with E-state index < -0.39 is 5.38 Å². The van der Waals surface area contributed by atoms with E-state index in [-0.39, 0.29) is 10.7 Å². The zero-order valence-corrected chi connectivity index (χ0v) is 6.70. The molecule has 11 heavy (non-hydrogen) atoms. The van der Waals surface area contributed by atoms with Crippen LogP contribution in [0.4, 0.5) is 8.78 Å². The van der Waals surface area contributed by atoms with Crippen LogP contribution in [0.3, 0.4) is 0 Å². The van der Waals surface area contributed by atoms with Crippen LogP contribution >= 0.6 is 23.2 Å². The van der Waals surface area contributed by atoms with E-state index in [1.807, 2.05) is 0 Å². The predicted molar refractivity (Wildman–Crippen MR) is 39.0 cm³/mol. The smallest absolute Gasteiger partial charge is 0.245 e. The van der Waals surface area contributed by atoms with Crippen LogP contribution in [0.5, 0.6) is 0 Å². The second-order valence-corrected chi connectivity index (χ2v) is 2.73. The Hall–Kier alpha value is -0.410. The molecule has 0 saturated carbocycles. The highest BCUT2D eigenvalue weighted by Crippen LogP contribution is 2.32. The van der Waals surface area contributed by atoms with Gasteiger partial charge in [-0.05, 0) is 23.7 Å². The molecule has 0 spiro atoms. The number of halogens is 4. The van der Waals surface area contributed by atoms with E-state index in [4.69, 9.17) is 23.2 Å². The molecular formula is C6H3Cl2F2N. The van der Waals surface area contributed by atoms with Crippen LogP contribution in [-0.2, 0) is 5.38 Å². The molecule has 0 fully saturated rings. The summed E-state index contributed by atoms with van der Waals surface area (Å²) >= 11 is 10.1. The maximum atomic E-state index is 12.3. The fourth-order valence-electron chi connectivity index (χ4n) is 0.579. The van der Waals surface area contributed by atoms with Gasteiger partial charge in [0.25, 0.3) is 0 Å². The molecule has 0 aromatic carbocycles. The van der Waals surface area contributed by atoms with Gasteiger partial charge in [-0.15, -0.1) is 0 Å². The minimum atomic E-state index is -3.37. The largest absolute Gasteiger partial charge is 0.348 e. The van der Waals surface area contributed by atoms with Crippen LogP contribution < -0.4 is 0 Å². The zero-order chi connectivity index (χ0) is 8.48. The first-order valence-corrected chi connectivity index (χ1v) is 3.44. The number of hydrogen-bond acceptors (Lipinski definition) is 1. The third kappa shape index (κ3) is 2.27. The fourth-order valence-corrected chi connectivity index (χ4v) is 0.870. The molecule has 0 radical (unpaired) electrons. The van der Waals surface area contributed by atoms with Gasteiger partial charge < -0.3 is 0 Å². The summed E-state index contributed by atoms with van der Waals surface area (Å²) in [4.78, 5) is 3.53. The number of nitrogens with zero attached hydrogens (tertiary/aromatic N) is 1. The van der Waals surface area contributed by atoms with E-state index in [1.165, 1.54) is 6.20 Å². The Morgan fingerprint density at radius 1 is 1.45 bits per heavy atom. The maximum absolute atomic E-state index is 12.3. The summed E-state index contributed by atoms with van der Waals surface area (Å²) in [5.74, 6) is 0. The topological polar surface area (TPSA) is 12.9 Å². The number of rotatable bonds is 1. The van der Waals surface area contributed by atoms with Gasteiger partial charge in [-0.1, -0.05) is 11.6 Å². The Bertz CT molecular complexity index is 259. The van der Waals surface area contributed by atoms with Crippen molar-refractivity contribution in [1.29, 1.82) is 0 Å². The SMILES string of the molecule is FC(F)(Cl)c1ccnc(Cl)c1. The van der Waals surface area contributed by atoms with Gasteiger partial charge in [0.2, 0.25) is 0 Å². The predicted octanol–water partition coefficient (Wildman–Crippen LogP) is 3.02. The van der Waals surface area contributed by atoms with Crippen molar-refractivity contribution in [2.45, 2.75) is 5.38 Å². The van der Waals surface area contributed by atoms with Crippen LogP contribution in [0.25, 0.3) is 0 Å². The summed E-state index contributed by atoms with van der Waals surface area (Å²) in [6.07, 6.45) is 1.17. The van der Waals surface area contributed by atoms with Gasteiger partial charge in [-0.25, -0.2) is 4.98 Å². The van der Waals surface area contributed by atoms with Crippen LogP contribution in [0, 0.1) is 0 Å². The Morgan fingerprint density at radius 3 is 2.45 bits per heavy atom. The van der Waals surface area contributed by atoms with Crippen molar-refractivity contribution in [3.63, 3.8) is 0 Å². The van der Waals surface area contributed by atoms with Gasteiger partial charge in [0.05, 0.1) is 0 Å². The van der Waals surface area contributed by atoms with Gasteiger partial charge in [0.15, 0.2) is 0 Å². The first kappa shape index (κ1) is 8.68. The van der Waals surface area contributed by atoms with Crippen LogP contribution in [0.2, 0.25) is 5.15 Å². The summed E-state index contributed by atoms with van der Waals surface area (Å²) in [5.41, 5.74) is -0.348. The van der Waals surface area contributed by atoms with Gasteiger partial charge in [-0.2, -0.15) is 8.78 Å². The molecule has 0 saturated heterocycles. The molecule has 0 aliphatic rings. The number of hydrogen-bond donors (Lipinski definition) is 0. The Balaban J connectivity index is 3.06. The molecule has 0 unspecified atom stereocenters. The van der Waals surface area contributed by atoms with Gasteiger partial charge in [0, 0.05) is 11.8 Å². The lowest BCUT2D eigenvalue weighted by atomic mass is 10.3. The highest BCUT2D eigenvalue weighted by atomic mass is 35.5. The monoisotopic (exact) mass is 197 g/mol. The highest BCUT2D eigenvalue weighted by Gasteiger charge is 2.27. The molecule has 0 bridgehead atoms. The summed E-state index contributed by atoms with van der Waals surface area (Å²) in [6.45, 7) is 0. The Labute approximate surface area is 72.0 Å². The van der Waals surface area contributed by atoms with Crippen molar-refractivity contribution in [3.05, 3.63) is 29.0 Å². The fraction of sp³-hybridized carbons (Fsp3) is 0.167. The summed E-state index contributed by atoms with van der Waals surface area (Å²) < 4.78 is 24.6. The minimum absolute atomic E-state index is 0.00262. The molecule has 5 heteroatoms. The van der Waals surface area contributed by atoms with E-state index >= 15 is 0 Å². The van der Waals surface area contributed by atoms with Gasteiger partial charge in [0.1, 0.15) is 5.15 Å². The summed E-state index contributed by atoms with van der Waals surface area (Å²) in [7, 11) is 0. The average Bonchev–Trinajstić information content (AvgIpc) is 1.86. The van der Waals surface area contributed by atoms with E-state index in [1.54, 1.807) is 0 Å². The second kappa shape index (κ2) is 2.91. The van der Waals surface area contributed by atoms with Crippen molar-refractivity contribution in [3.8, 4) is 0 Å². The Morgan fingerprint density at radius 2 is 2.09 bits per heavy atom. The molecule has 1 rings (SSSR count). The van der Waals surface area contributed by atoms with Crippen molar-refractivity contribution >= 4 is 23.2 Å². The van der Waals surface area contributed by atoms with Crippen LogP contribution in [-0.4, -0.2) is 4.98 Å². The standard InChI is InChI=1S/C6H3Cl2F2N/c7-5-3-4(1-2-11-5)6(8,9)10/h1-3H. The first-order valence-electron chi connectivity index (χ1n) is 2.69. The summed E-state index contributed by atoms with van der Waals surface area (Å²) in [6, 6.07) is 2.13. The molecule has 1 heterocycles. The molecule has 0 N–H and O–H groups in total. The van der Waals surface area contributed by atoms with E-state index in [9.17, 15) is 8.78 Å². The molecular weight excluding hydrogens is 195 g/mol. The van der Waals surface area contributed by atoms with Gasteiger partial charge >= 0.3 is 5.38 Å². The van der Waals surface area contributed by atoms with E-state index in [0.717, 1.165) is 12.1 Å². The molecule has 0 atom stereocenters.